The second kappa shape index (κ2) is 6.57. The number of carbonyl (C=O) groups excluding carboxylic acids is 1. The molecule has 2 heteroatoms. The van der Waals surface area contributed by atoms with Crippen molar-refractivity contribution in [2.75, 3.05) is 13.1 Å². The van der Waals surface area contributed by atoms with Gasteiger partial charge < -0.3 is 4.90 Å². The maximum absolute atomic E-state index is 10.6. The van der Waals surface area contributed by atoms with Gasteiger partial charge in [-0.15, -0.1) is 0 Å². The smallest absolute Gasteiger partial charge is 0.312 e. The molecule has 0 bridgehead atoms. The van der Waals surface area contributed by atoms with Crippen LogP contribution in [-0.4, -0.2) is 24.4 Å². The Morgan fingerprint density at radius 1 is 0.905 bits per heavy atom. The Hall–Kier alpha value is -2.09. The second-order valence-electron chi connectivity index (χ2n) is 5.79. The highest BCUT2D eigenvalue weighted by Crippen LogP contribution is 2.23. The van der Waals surface area contributed by atoms with E-state index >= 15 is 0 Å². The summed E-state index contributed by atoms with van der Waals surface area (Å²) in [4.78, 5) is 12.4. The molecule has 0 unspecified atom stereocenters. The van der Waals surface area contributed by atoms with E-state index < -0.39 is 0 Å². The number of piperidine rings is 1. The topological polar surface area (TPSA) is 20.3 Å². The van der Waals surface area contributed by atoms with Crippen LogP contribution in [0.4, 0.5) is 0 Å². The van der Waals surface area contributed by atoms with Gasteiger partial charge in [0.2, 0.25) is 0 Å². The highest BCUT2D eigenvalue weighted by atomic mass is 16.1. The lowest BCUT2D eigenvalue weighted by Gasteiger charge is -2.28. The quantitative estimate of drug-likeness (QED) is 0.835. The molecule has 0 aliphatic carbocycles. The third-order valence-corrected chi connectivity index (χ3v) is 4.33. The zero-order valence-corrected chi connectivity index (χ0v) is 12.2. The standard InChI is InChI=1S/C19H20NO/c21-15-20-12-10-17(11-13-20)14-16-6-8-19(9-7-16)18-4-2-1-3-5-18/h1-9,17H,10-14H2. The molecule has 2 aromatic carbocycles. The van der Waals surface area contributed by atoms with Crippen molar-refractivity contribution in [3.63, 3.8) is 0 Å². The zero-order valence-electron chi connectivity index (χ0n) is 12.2. The second-order valence-corrected chi connectivity index (χ2v) is 5.79. The van der Waals surface area contributed by atoms with Crippen molar-refractivity contribution in [2.24, 2.45) is 5.92 Å². The van der Waals surface area contributed by atoms with Crippen LogP contribution in [0.15, 0.2) is 54.6 Å². The molecule has 2 aromatic rings. The SMILES string of the molecule is O=[C]N1CCC(Cc2ccc(-c3ccccc3)cc2)CC1. The van der Waals surface area contributed by atoms with Gasteiger partial charge in [-0.3, -0.25) is 4.79 Å². The zero-order chi connectivity index (χ0) is 14.5. The molecule has 3 rings (SSSR count). The highest BCUT2D eigenvalue weighted by Gasteiger charge is 2.18. The van der Waals surface area contributed by atoms with Crippen LogP contribution in [0.25, 0.3) is 11.1 Å². The third-order valence-electron chi connectivity index (χ3n) is 4.33. The number of hydrogen-bond acceptors (Lipinski definition) is 1. The van der Waals surface area contributed by atoms with E-state index in [0.717, 1.165) is 32.4 Å². The van der Waals surface area contributed by atoms with E-state index in [2.05, 4.69) is 48.5 Å². The van der Waals surface area contributed by atoms with Gasteiger partial charge in [-0.25, -0.2) is 0 Å². The number of nitrogens with zero attached hydrogens (tertiary/aromatic N) is 1. The summed E-state index contributed by atoms with van der Waals surface area (Å²) in [6.07, 6.45) is 5.30. The number of benzene rings is 2. The van der Waals surface area contributed by atoms with Crippen LogP contribution in [0.3, 0.4) is 0 Å². The van der Waals surface area contributed by atoms with Crippen molar-refractivity contribution < 1.29 is 4.79 Å². The summed E-state index contributed by atoms with van der Waals surface area (Å²) >= 11 is 0. The lowest BCUT2D eigenvalue weighted by Crippen LogP contribution is -2.33. The van der Waals surface area contributed by atoms with E-state index in [1.165, 1.54) is 16.7 Å². The van der Waals surface area contributed by atoms with Crippen molar-refractivity contribution in [1.29, 1.82) is 0 Å². The summed E-state index contributed by atoms with van der Waals surface area (Å²) in [5, 5.41) is 0. The number of rotatable bonds is 4. The Bertz CT molecular complexity index is 568. The van der Waals surface area contributed by atoms with Gasteiger partial charge in [-0.1, -0.05) is 54.6 Å². The minimum Gasteiger partial charge on any atom is -0.334 e. The Balaban J connectivity index is 1.61. The van der Waals surface area contributed by atoms with Crippen LogP contribution in [0.1, 0.15) is 18.4 Å². The predicted octanol–water partition coefficient (Wildman–Crippen LogP) is 3.68. The first-order chi connectivity index (χ1) is 10.3. The lowest BCUT2D eigenvalue weighted by atomic mass is 9.90. The summed E-state index contributed by atoms with van der Waals surface area (Å²) in [6.45, 7) is 1.71. The van der Waals surface area contributed by atoms with Gasteiger partial charge >= 0.3 is 6.41 Å². The summed E-state index contributed by atoms with van der Waals surface area (Å²) < 4.78 is 0. The fraction of sp³-hybridized carbons (Fsp3) is 0.316. The van der Waals surface area contributed by atoms with Gasteiger partial charge in [-0.05, 0) is 41.9 Å². The molecule has 21 heavy (non-hydrogen) atoms. The van der Waals surface area contributed by atoms with Crippen molar-refractivity contribution in [1.82, 2.24) is 4.90 Å². The van der Waals surface area contributed by atoms with Crippen LogP contribution >= 0.6 is 0 Å². The molecule has 1 amide bonds. The van der Waals surface area contributed by atoms with E-state index in [1.807, 2.05) is 12.5 Å². The minimum absolute atomic E-state index is 0.692. The Kier molecular flexibility index (Phi) is 4.34. The van der Waals surface area contributed by atoms with Crippen LogP contribution in [0.2, 0.25) is 0 Å². The van der Waals surface area contributed by atoms with Crippen LogP contribution in [0.5, 0.6) is 0 Å². The maximum atomic E-state index is 10.6. The first-order valence-corrected chi connectivity index (χ1v) is 7.62. The van der Waals surface area contributed by atoms with E-state index in [1.54, 1.807) is 4.90 Å². The van der Waals surface area contributed by atoms with Gasteiger partial charge in [0, 0.05) is 13.1 Å². The van der Waals surface area contributed by atoms with Crippen molar-refractivity contribution in [3.8, 4) is 11.1 Å². The van der Waals surface area contributed by atoms with Crippen LogP contribution in [-0.2, 0) is 11.2 Å². The first kappa shape index (κ1) is 13.9. The van der Waals surface area contributed by atoms with Crippen molar-refractivity contribution in [2.45, 2.75) is 19.3 Å². The molecule has 1 radical (unpaired) electrons. The molecule has 1 fully saturated rings. The molecule has 0 saturated carbocycles. The molecular weight excluding hydrogens is 258 g/mol. The van der Waals surface area contributed by atoms with Crippen molar-refractivity contribution in [3.05, 3.63) is 60.2 Å². The first-order valence-electron chi connectivity index (χ1n) is 7.62. The van der Waals surface area contributed by atoms with Gasteiger partial charge in [0.15, 0.2) is 0 Å². The molecule has 1 saturated heterocycles. The molecule has 0 spiro atoms. The third kappa shape index (κ3) is 3.52. The van der Waals surface area contributed by atoms with E-state index in [0.29, 0.717) is 5.92 Å². The average Bonchev–Trinajstić information content (AvgIpc) is 2.57. The van der Waals surface area contributed by atoms with E-state index in [4.69, 9.17) is 0 Å². The predicted molar refractivity (Wildman–Crippen MR) is 85.6 cm³/mol. The van der Waals surface area contributed by atoms with Gasteiger partial charge in [0.05, 0.1) is 0 Å². The largest absolute Gasteiger partial charge is 0.334 e. The summed E-state index contributed by atoms with van der Waals surface area (Å²) in [5.41, 5.74) is 3.92. The van der Waals surface area contributed by atoms with E-state index in [-0.39, 0.29) is 0 Å². The average molecular weight is 278 g/mol. The van der Waals surface area contributed by atoms with Crippen LogP contribution in [0, 0.1) is 5.92 Å². The fourth-order valence-electron chi connectivity index (χ4n) is 3.03. The summed E-state index contributed by atoms with van der Waals surface area (Å²) in [7, 11) is 0. The van der Waals surface area contributed by atoms with Crippen molar-refractivity contribution >= 4 is 6.41 Å². The molecule has 0 N–H and O–H groups in total. The molecule has 1 aliphatic heterocycles. The van der Waals surface area contributed by atoms with Gasteiger partial charge in [-0.2, -0.15) is 0 Å². The Morgan fingerprint density at radius 3 is 2.14 bits per heavy atom. The molecule has 107 valence electrons. The minimum atomic E-state index is 0.692. The van der Waals surface area contributed by atoms with Crippen LogP contribution < -0.4 is 0 Å². The Morgan fingerprint density at radius 2 is 1.52 bits per heavy atom. The van der Waals surface area contributed by atoms with E-state index in [9.17, 15) is 4.79 Å². The normalized spacial score (nSPS) is 15.9. The molecule has 1 heterocycles. The molecular formula is C19H20NO. The summed E-state index contributed by atoms with van der Waals surface area (Å²) in [5.74, 6) is 0.692. The summed E-state index contributed by atoms with van der Waals surface area (Å²) in [6, 6.07) is 19.4. The highest BCUT2D eigenvalue weighted by molar-refractivity contribution is 5.63. The Labute approximate surface area is 126 Å². The monoisotopic (exact) mass is 278 g/mol. The molecule has 2 nitrogen and oxygen atoms in total. The fourth-order valence-corrected chi connectivity index (χ4v) is 3.03. The molecule has 1 aliphatic rings. The lowest BCUT2D eigenvalue weighted by molar-refractivity contribution is 0.256. The van der Waals surface area contributed by atoms with Gasteiger partial charge in [0.25, 0.3) is 0 Å². The van der Waals surface area contributed by atoms with Gasteiger partial charge in [0.1, 0.15) is 0 Å². The number of amides is 1. The number of likely N-dealkylation sites (tertiary alicyclic amines) is 1. The number of hydrogen-bond donors (Lipinski definition) is 0. The maximum Gasteiger partial charge on any atom is 0.312 e. The molecule has 0 atom stereocenters. The molecule has 0 aromatic heterocycles.